The van der Waals surface area contributed by atoms with E-state index < -0.39 is 16.1 Å². The number of rotatable bonds is 4. The van der Waals surface area contributed by atoms with Crippen molar-refractivity contribution in [2.24, 2.45) is 5.92 Å². The van der Waals surface area contributed by atoms with E-state index in [9.17, 15) is 18.0 Å². The minimum atomic E-state index is -3.87. The van der Waals surface area contributed by atoms with Crippen LogP contribution in [0.3, 0.4) is 0 Å². The molecule has 8 nitrogen and oxygen atoms in total. The second-order valence-electron chi connectivity index (χ2n) is 7.55. The second-order valence-corrected chi connectivity index (χ2v) is 9.41. The van der Waals surface area contributed by atoms with Crippen LogP contribution in [0.4, 0.5) is 5.69 Å². The van der Waals surface area contributed by atoms with Crippen LogP contribution in [0, 0.1) is 5.92 Å². The van der Waals surface area contributed by atoms with Crippen molar-refractivity contribution in [3.8, 4) is 5.75 Å². The molecule has 2 heterocycles. The summed E-state index contributed by atoms with van der Waals surface area (Å²) in [4.78, 5) is 26.7. The maximum absolute atomic E-state index is 13.3. The van der Waals surface area contributed by atoms with Gasteiger partial charge in [0.05, 0.1) is 30.2 Å². The van der Waals surface area contributed by atoms with E-state index in [4.69, 9.17) is 9.47 Å². The van der Waals surface area contributed by atoms with Crippen molar-refractivity contribution < 1.29 is 27.5 Å². The smallest absolute Gasteiger partial charge is 0.308 e. The van der Waals surface area contributed by atoms with Crippen LogP contribution in [0.25, 0.3) is 0 Å². The van der Waals surface area contributed by atoms with Gasteiger partial charge >= 0.3 is 5.97 Å². The molecule has 0 spiro atoms. The summed E-state index contributed by atoms with van der Waals surface area (Å²) >= 11 is 0. The average molecular weight is 445 g/mol. The van der Waals surface area contributed by atoms with E-state index in [0.29, 0.717) is 37.4 Å². The van der Waals surface area contributed by atoms with Crippen LogP contribution in [0.5, 0.6) is 5.75 Å². The number of likely N-dealkylation sites (tertiary alicyclic amines) is 1. The number of ether oxygens (including phenoxy) is 2. The number of piperidine rings is 1. The number of anilines is 1. The normalized spacial score (nSPS) is 19.3. The molecule has 4 rings (SSSR count). The summed E-state index contributed by atoms with van der Waals surface area (Å²) in [7, 11) is -2.52. The lowest BCUT2D eigenvalue weighted by Crippen LogP contribution is -2.53. The molecule has 0 aliphatic carbocycles. The molecule has 0 aromatic heterocycles. The second kappa shape index (κ2) is 8.58. The molecular formula is C22H24N2O6S. The number of sulfonamides is 1. The number of para-hydroxylation sites is 2. The van der Waals surface area contributed by atoms with Gasteiger partial charge < -0.3 is 14.4 Å². The number of esters is 1. The molecule has 0 radical (unpaired) electrons. The van der Waals surface area contributed by atoms with Crippen LogP contribution >= 0.6 is 0 Å². The molecule has 0 bridgehead atoms. The number of carbonyl (C=O) groups is 2. The van der Waals surface area contributed by atoms with E-state index >= 15 is 0 Å². The Hall–Kier alpha value is -3.07. The molecule has 31 heavy (non-hydrogen) atoms. The van der Waals surface area contributed by atoms with Crippen LogP contribution in [-0.4, -0.2) is 58.0 Å². The van der Waals surface area contributed by atoms with E-state index in [-0.39, 0.29) is 29.2 Å². The molecule has 164 valence electrons. The van der Waals surface area contributed by atoms with Crippen molar-refractivity contribution in [3.63, 3.8) is 0 Å². The highest BCUT2D eigenvalue weighted by atomic mass is 32.2. The van der Waals surface area contributed by atoms with Gasteiger partial charge in [0.1, 0.15) is 5.75 Å². The number of amides is 1. The molecule has 2 aliphatic rings. The topological polar surface area (TPSA) is 93.2 Å². The van der Waals surface area contributed by atoms with Gasteiger partial charge in [-0.3, -0.25) is 13.9 Å². The first-order valence-corrected chi connectivity index (χ1v) is 11.6. The van der Waals surface area contributed by atoms with E-state index in [1.165, 1.54) is 23.5 Å². The third-order valence-electron chi connectivity index (χ3n) is 5.68. The van der Waals surface area contributed by atoms with Crippen LogP contribution < -0.4 is 9.04 Å². The van der Waals surface area contributed by atoms with Gasteiger partial charge in [-0.2, -0.15) is 0 Å². The molecular weight excluding hydrogens is 420 g/mol. The van der Waals surface area contributed by atoms with Gasteiger partial charge in [0, 0.05) is 13.1 Å². The number of nitrogens with zero attached hydrogens (tertiary/aromatic N) is 2. The fourth-order valence-corrected chi connectivity index (χ4v) is 5.48. The monoisotopic (exact) mass is 444 g/mol. The summed E-state index contributed by atoms with van der Waals surface area (Å²) < 4.78 is 38.6. The molecule has 9 heteroatoms. The van der Waals surface area contributed by atoms with Crippen molar-refractivity contribution in [1.82, 2.24) is 4.90 Å². The fraction of sp³-hybridized carbons (Fsp3) is 0.364. The minimum Gasteiger partial charge on any atom is -0.476 e. The summed E-state index contributed by atoms with van der Waals surface area (Å²) in [5, 5.41) is 0. The van der Waals surface area contributed by atoms with Crippen molar-refractivity contribution >= 4 is 27.6 Å². The van der Waals surface area contributed by atoms with Crippen molar-refractivity contribution in [2.75, 3.05) is 31.0 Å². The van der Waals surface area contributed by atoms with Crippen molar-refractivity contribution in [2.45, 2.75) is 23.8 Å². The highest BCUT2D eigenvalue weighted by Crippen LogP contribution is 2.37. The van der Waals surface area contributed by atoms with Crippen LogP contribution in [0.1, 0.15) is 12.8 Å². The van der Waals surface area contributed by atoms with Gasteiger partial charge in [-0.05, 0) is 37.1 Å². The van der Waals surface area contributed by atoms with Crippen molar-refractivity contribution in [1.29, 1.82) is 0 Å². The lowest BCUT2D eigenvalue weighted by atomic mass is 9.96. The number of hydrogen-bond acceptors (Lipinski definition) is 6. The lowest BCUT2D eigenvalue weighted by Gasteiger charge is -2.38. The van der Waals surface area contributed by atoms with Gasteiger partial charge in [-0.15, -0.1) is 0 Å². The Kier molecular flexibility index (Phi) is 5.86. The highest BCUT2D eigenvalue weighted by Gasteiger charge is 2.40. The maximum atomic E-state index is 13.3. The summed E-state index contributed by atoms with van der Waals surface area (Å²) in [6, 6.07) is 14.9. The zero-order valence-corrected chi connectivity index (χ0v) is 18.0. The van der Waals surface area contributed by atoms with Gasteiger partial charge in [0.2, 0.25) is 0 Å². The number of hydrogen-bond donors (Lipinski definition) is 0. The number of benzene rings is 2. The zero-order valence-electron chi connectivity index (χ0n) is 17.1. The Morgan fingerprint density at radius 2 is 1.65 bits per heavy atom. The molecule has 1 amide bonds. The Morgan fingerprint density at radius 3 is 2.32 bits per heavy atom. The number of methoxy groups -OCH3 is 1. The van der Waals surface area contributed by atoms with E-state index in [2.05, 4.69) is 0 Å². The fourth-order valence-electron chi connectivity index (χ4n) is 3.98. The Morgan fingerprint density at radius 1 is 1.00 bits per heavy atom. The van der Waals surface area contributed by atoms with Crippen LogP contribution in [-0.2, 0) is 24.3 Å². The molecule has 0 saturated carbocycles. The molecule has 2 aromatic rings. The number of fused-ring (bicyclic) bond motifs is 1. The third-order valence-corrected chi connectivity index (χ3v) is 7.48. The Balaban J connectivity index is 1.57. The molecule has 1 unspecified atom stereocenters. The van der Waals surface area contributed by atoms with Gasteiger partial charge in [0.25, 0.3) is 15.9 Å². The molecule has 2 aliphatic heterocycles. The quantitative estimate of drug-likeness (QED) is 0.670. The molecule has 1 atom stereocenters. The first kappa shape index (κ1) is 21.2. The Bertz CT molecular complexity index is 1060. The molecule has 1 saturated heterocycles. The van der Waals surface area contributed by atoms with Crippen molar-refractivity contribution in [3.05, 3.63) is 54.6 Å². The lowest BCUT2D eigenvalue weighted by molar-refractivity contribution is -0.150. The Labute approximate surface area is 181 Å². The van der Waals surface area contributed by atoms with E-state index in [1.807, 2.05) is 0 Å². The first-order chi connectivity index (χ1) is 14.9. The number of carbonyl (C=O) groups excluding carboxylic acids is 2. The summed E-state index contributed by atoms with van der Waals surface area (Å²) in [6.07, 6.45) is 0.0460. The third kappa shape index (κ3) is 4.10. The maximum Gasteiger partial charge on any atom is 0.308 e. The summed E-state index contributed by atoms with van der Waals surface area (Å²) in [5.74, 6) is -0.436. The van der Waals surface area contributed by atoms with Crippen LogP contribution in [0.15, 0.2) is 59.5 Å². The molecule has 1 fully saturated rings. The molecule has 0 N–H and O–H groups in total. The van der Waals surface area contributed by atoms with Gasteiger partial charge in [-0.25, -0.2) is 8.42 Å². The first-order valence-electron chi connectivity index (χ1n) is 10.1. The summed E-state index contributed by atoms with van der Waals surface area (Å²) in [6.45, 7) is 0.668. The zero-order chi connectivity index (χ0) is 22.0. The van der Waals surface area contributed by atoms with Crippen LogP contribution in [0.2, 0.25) is 0 Å². The van der Waals surface area contributed by atoms with E-state index in [0.717, 1.165) is 0 Å². The predicted molar refractivity (Wildman–Crippen MR) is 113 cm³/mol. The standard InChI is InChI=1S/C22H24N2O6S/c1-29-22(26)16-11-13-23(14-12-16)21(25)20-15-24(18-9-5-6-10-19(18)30-20)31(27,28)17-7-3-2-4-8-17/h2-10,16,20H,11-15H2,1H3. The largest absolute Gasteiger partial charge is 0.476 e. The summed E-state index contributed by atoms with van der Waals surface area (Å²) in [5.41, 5.74) is 0.403. The minimum absolute atomic E-state index is 0.121. The predicted octanol–water partition coefficient (Wildman–Crippen LogP) is 2.05. The average Bonchev–Trinajstić information content (AvgIpc) is 2.83. The van der Waals surface area contributed by atoms with Gasteiger partial charge in [0.15, 0.2) is 6.10 Å². The SMILES string of the molecule is COC(=O)C1CCN(C(=O)C2CN(S(=O)(=O)c3ccccc3)c3ccccc3O2)CC1. The van der Waals surface area contributed by atoms with E-state index in [1.54, 1.807) is 47.4 Å². The highest BCUT2D eigenvalue weighted by molar-refractivity contribution is 7.92. The molecule has 2 aromatic carbocycles. The van der Waals surface area contributed by atoms with Gasteiger partial charge in [-0.1, -0.05) is 30.3 Å².